The lowest BCUT2D eigenvalue weighted by molar-refractivity contribution is -0.0267. The molecule has 2 aliphatic rings. The molecule has 2 N–H and O–H groups in total. The SMILES string of the molecule is CC(C)C1CCC(OCC2C(N)CCCN2C(=O)c2cccs2)CC1. The molecule has 2 heterocycles. The average molecular weight is 365 g/mol. The van der Waals surface area contributed by atoms with E-state index in [-0.39, 0.29) is 18.0 Å². The second kappa shape index (κ2) is 8.65. The molecule has 1 amide bonds. The predicted molar refractivity (Wildman–Crippen MR) is 103 cm³/mol. The van der Waals surface area contributed by atoms with Gasteiger partial charge in [0.05, 0.1) is 23.6 Å². The van der Waals surface area contributed by atoms with Crippen molar-refractivity contribution in [1.29, 1.82) is 0 Å². The Bertz CT molecular complexity index is 538. The van der Waals surface area contributed by atoms with Crippen molar-refractivity contribution in [2.24, 2.45) is 17.6 Å². The molecule has 1 saturated carbocycles. The van der Waals surface area contributed by atoms with Gasteiger partial charge in [0, 0.05) is 12.6 Å². The number of likely N-dealkylation sites (tertiary alicyclic amines) is 1. The average Bonchev–Trinajstić information content (AvgIpc) is 3.15. The number of piperidine rings is 1. The molecule has 5 heteroatoms. The fourth-order valence-corrected chi connectivity index (χ4v) is 4.93. The molecule has 0 aromatic carbocycles. The largest absolute Gasteiger partial charge is 0.376 e. The van der Waals surface area contributed by atoms with Crippen LogP contribution in [0.25, 0.3) is 0 Å². The van der Waals surface area contributed by atoms with E-state index in [4.69, 9.17) is 10.5 Å². The first-order valence-electron chi connectivity index (χ1n) is 9.78. The molecule has 1 aliphatic carbocycles. The van der Waals surface area contributed by atoms with Crippen molar-refractivity contribution in [3.8, 4) is 0 Å². The van der Waals surface area contributed by atoms with Crippen molar-refractivity contribution in [3.63, 3.8) is 0 Å². The lowest BCUT2D eigenvalue weighted by Gasteiger charge is -2.40. The molecule has 4 nitrogen and oxygen atoms in total. The Kier molecular flexibility index (Phi) is 6.53. The third-order valence-corrected chi connectivity index (χ3v) is 6.85. The summed E-state index contributed by atoms with van der Waals surface area (Å²) in [6, 6.07) is 3.86. The number of nitrogens with zero attached hydrogens (tertiary/aromatic N) is 1. The van der Waals surface area contributed by atoms with E-state index >= 15 is 0 Å². The third-order valence-electron chi connectivity index (χ3n) is 5.99. The number of thiophene rings is 1. The van der Waals surface area contributed by atoms with Gasteiger partial charge in [0.15, 0.2) is 0 Å². The van der Waals surface area contributed by atoms with Crippen LogP contribution in [0.2, 0.25) is 0 Å². The molecule has 1 aromatic rings. The van der Waals surface area contributed by atoms with E-state index in [2.05, 4.69) is 13.8 Å². The van der Waals surface area contributed by atoms with E-state index in [1.165, 1.54) is 24.2 Å². The number of hydrogen-bond acceptors (Lipinski definition) is 4. The first-order valence-corrected chi connectivity index (χ1v) is 10.7. The van der Waals surface area contributed by atoms with Crippen LogP contribution in [0.1, 0.15) is 62.0 Å². The zero-order valence-electron chi connectivity index (χ0n) is 15.5. The fourth-order valence-electron chi connectivity index (χ4n) is 4.25. The zero-order chi connectivity index (χ0) is 17.8. The Balaban J connectivity index is 1.56. The van der Waals surface area contributed by atoms with Gasteiger partial charge in [-0.1, -0.05) is 19.9 Å². The van der Waals surface area contributed by atoms with Crippen LogP contribution in [0, 0.1) is 11.8 Å². The van der Waals surface area contributed by atoms with Crippen molar-refractivity contribution in [2.75, 3.05) is 13.2 Å². The van der Waals surface area contributed by atoms with Gasteiger partial charge in [0.25, 0.3) is 5.91 Å². The molecule has 1 aromatic heterocycles. The number of ether oxygens (including phenoxy) is 1. The van der Waals surface area contributed by atoms with Crippen molar-refractivity contribution >= 4 is 17.2 Å². The monoisotopic (exact) mass is 364 g/mol. The van der Waals surface area contributed by atoms with E-state index in [0.717, 1.165) is 48.9 Å². The van der Waals surface area contributed by atoms with E-state index in [1.807, 2.05) is 22.4 Å². The minimum absolute atomic E-state index is 0.00572. The smallest absolute Gasteiger partial charge is 0.264 e. The molecule has 2 fully saturated rings. The maximum absolute atomic E-state index is 12.8. The second-order valence-electron chi connectivity index (χ2n) is 7.96. The highest BCUT2D eigenvalue weighted by molar-refractivity contribution is 7.12. The minimum atomic E-state index is 0.00572. The Morgan fingerprint density at radius 1 is 1.32 bits per heavy atom. The quantitative estimate of drug-likeness (QED) is 0.862. The summed E-state index contributed by atoms with van der Waals surface area (Å²) in [5, 5.41) is 1.95. The molecule has 2 atom stereocenters. The Morgan fingerprint density at radius 3 is 2.72 bits per heavy atom. The molecule has 140 valence electrons. The number of nitrogens with two attached hydrogens (primary N) is 1. The van der Waals surface area contributed by atoms with Gasteiger partial charge in [-0.15, -0.1) is 11.3 Å². The molecular weight excluding hydrogens is 332 g/mol. The summed E-state index contributed by atoms with van der Waals surface area (Å²) in [6.07, 6.45) is 7.10. The van der Waals surface area contributed by atoms with Crippen LogP contribution in [-0.4, -0.2) is 42.1 Å². The van der Waals surface area contributed by atoms with Crippen molar-refractivity contribution in [3.05, 3.63) is 22.4 Å². The molecule has 0 spiro atoms. The van der Waals surface area contributed by atoms with E-state index in [1.54, 1.807) is 0 Å². The molecule has 25 heavy (non-hydrogen) atoms. The molecule has 1 aliphatic heterocycles. The number of carbonyl (C=O) groups excluding carboxylic acids is 1. The number of rotatable bonds is 5. The van der Waals surface area contributed by atoms with Crippen molar-refractivity contribution in [1.82, 2.24) is 4.90 Å². The molecule has 3 rings (SSSR count). The maximum atomic E-state index is 12.8. The summed E-state index contributed by atoms with van der Waals surface area (Å²) in [5.74, 6) is 1.72. The lowest BCUT2D eigenvalue weighted by Crippen LogP contribution is -2.56. The third kappa shape index (κ3) is 4.63. The van der Waals surface area contributed by atoms with Crippen LogP contribution >= 0.6 is 11.3 Å². The van der Waals surface area contributed by atoms with Crippen molar-refractivity contribution in [2.45, 2.75) is 70.6 Å². The molecule has 2 unspecified atom stereocenters. The van der Waals surface area contributed by atoms with Crippen LogP contribution < -0.4 is 5.73 Å². The van der Waals surface area contributed by atoms with Crippen molar-refractivity contribution < 1.29 is 9.53 Å². The van der Waals surface area contributed by atoms with Crippen LogP contribution in [0.15, 0.2) is 17.5 Å². The summed E-state index contributed by atoms with van der Waals surface area (Å²) >= 11 is 1.50. The molecule has 1 saturated heterocycles. The summed E-state index contributed by atoms with van der Waals surface area (Å²) in [5.41, 5.74) is 6.37. The van der Waals surface area contributed by atoms with Crippen LogP contribution in [0.3, 0.4) is 0 Å². The van der Waals surface area contributed by atoms with E-state index in [0.29, 0.717) is 12.7 Å². The first kappa shape index (κ1) is 18.9. The fraction of sp³-hybridized carbons (Fsp3) is 0.750. The summed E-state index contributed by atoms with van der Waals surface area (Å²) in [7, 11) is 0. The van der Waals surface area contributed by atoms with Crippen LogP contribution in [-0.2, 0) is 4.74 Å². The number of amides is 1. The predicted octanol–water partition coefficient (Wildman–Crippen LogP) is 3.91. The van der Waals surface area contributed by atoms with Crippen LogP contribution in [0.4, 0.5) is 0 Å². The number of hydrogen-bond donors (Lipinski definition) is 1. The Labute approximate surface area is 155 Å². The Hall–Kier alpha value is -0.910. The Morgan fingerprint density at radius 2 is 2.08 bits per heavy atom. The summed E-state index contributed by atoms with van der Waals surface area (Å²) < 4.78 is 6.25. The normalized spacial score (nSPS) is 30.6. The van der Waals surface area contributed by atoms with Gasteiger partial charge in [0.2, 0.25) is 0 Å². The molecule has 0 bridgehead atoms. The van der Waals surface area contributed by atoms with Gasteiger partial charge in [-0.2, -0.15) is 0 Å². The van der Waals surface area contributed by atoms with E-state index in [9.17, 15) is 4.79 Å². The second-order valence-corrected chi connectivity index (χ2v) is 8.91. The van der Waals surface area contributed by atoms with E-state index < -0.39 is 0 Å². The van der Waals surface area contributed by atoms with Gasteiger partial charge < -0.3 is 15.4 Å². The standard InChI is InChI=1S/C20H32N2O2S/c1-14(2)15-7-9-16(10-8-15)24-13-18-17(21)5-3-11-22(18)20(23)19-6-4-12-25-19/h4,6,12,14-18H,3,5,7-11,13,21H2,1-2H3. The first-order chi connectivity index (χ1) is 12.1. The summed E-state index contributed by atoms with van der Waals surface area (Å²) in [6.45, 7) is 6.01. The van der Waals surface area contributed by atoms with Gasteiger partial charge >= 0.3 is 0 Å². The minimum Gasteiger partial charge on any atom is -0.376 e. The molecular formula is C20H32N2O2S. The van der Waals surface area contributed by atoms with Gasteiger partial charge in [-0.25, -0.2) is 0 Å². The van der Waals surface area contributed by atoms with Gasteiger partial charge in [0.1, 0.15) is 0 Å². The topological polar surface area (TPSA) is 55.6 Å². The number of carbonyl (C=O) groups is 1. The highest BCUT2D eigenvalue weighted by Gasteiger charge is 2.34. The highest BCUT2D eigenvalue weighted by Crippen LogP contribution is 2.32. The highest BCUT2D eigenvalue weighted by atomic mass is 32.1. The lowest BCUT2D eigenvalue weighted by atomic mass is 9.80. The summed E-state index contributed by atoms with van der Waals surface area (Å²) in [4.78, 5) is 15.6. The maximum Gasteiger partial charge on any atom is 0.264 e. The zero-order valence-corrected chi connectivity index (χ0v) is 16.3. The molecule has 0 radical (unpaired) electrons. The van der Waals surface area contributed by atoms with Gasteiger partial charge in [-0.3, -0.25) is 4.79 Å². The van der Waals surface area contributed by atoms with Gasteiger partial charge in [-0.05, 0) is 61.8 Å². The van der Waals surface area contributed by atoms with Crippen LogP contribution in [0.5, 0.6) is 0 Å².